The highest BCUT2D eigenvalue weighted by molar-refractivity contribution is 5.29. The summed E-state index contributed by atoms with van der Waals surface area (Å²) in [5, 5.41) is 0. The first-order chi connectivity index (χ1) is 6.07. The summed E-state index contributed by atoms with van der Waals surface area (Å²) in [6, 6.07) is 0.401. The Morgan fingerprint density at radius 2 is 2.08 bits per heavy atom. The largest absolute Gasteiger partial charge is 0.369 e. The van der Waals surface area contributed by atoms with Crippen LogP contribution >= 0.6 is 0 Å². The average Bonchev–Trinajstić information content (AvgIpc) is 2.28. The van der Waals surface area contributed by atoms with Gasteiger partial charge in [-0.25, -0.2) is 4.98 Å². The highest BCUT2D eigenvalue weighted by atomic mass is 15.2. The summed E-state index contributed by atoms with van der Waals surface area (Å²) in [7, 11) is 0. The molecule has 13 heavy (non-hydrogen) atoms. The number of hydrogen-bond acceptors (Lipinski definition) is 2. The Kier molecular flexibility index (Phi) is 2.96. The molecule has 0 aliphatic rings. The van der Waals surface area contributed by atoms with Gasteiger partial charge in [0.2, 0.25) is 5.95 Å². The molecule has 0 bridgehead atoms. The molecule has 0 unspecified atom stereocenters. The van der Waals surface area contributed by atoms with E-state index in [4.69, 9.17) is 5.73 Å². The van der Waals surface area contributed by atoms with E-state index in [1.165, 1.54) is 5.69 Å². The lowest BCUT2D eigenvalue weighted by molar-refractivity contribution is 0.593. The van der Waals surface area contributed by atoms with E-state index in [1.54, 1.807) is 0 Å². The van der Waals surface area contributed by atoms with E-state index >= 15 is 0 Å². The first kappa shape index (κ1) is 10.1. The molecule has 3 heteroatoms. The van der Waals surface area contributed by atoms with Crippen molar-refractivity contribution in [2.75, 3.05) is 5.73 Å². The van der Waals surface area contributed by atoms with E-state index < -0.39 is 0 Å². The Balaban J connectivity index is 3.07. The maximum atomic E-state index is 5.83. The molecule has 1 rings (SSSR count). The smallest absolute Gasteiger partial charge is 0.200 e. The zero-order valence-electron chi connectivity index (χ0n) is 8.96. The summed E-state index contributed by atoms with van der Waals surface area (Å²) in [6.07, 6.45) is 2.14. The van der Waals surface area contributed by atoms with E-state index in [0.717, 1.165) is 18.5 Å². The fraction of sp³-hybridized carbons (Fsp3) is 0.700. The lowest BCUT2D eigenvalue weighted by Crippen LogP contribution is -2.07. The molecular weight excluding hydrogens is 162 g/mol. The van der Waals surface area contributed by atoms with Gasteiger partial charge in [0, 0.05) is 11.7 Å². The Hall–Kier alpha value is -0.990. The molecule has 0 saturated carbocycles. The summed E-state index contributed by atoms with van der Waals surface area (Å²) >= 11 is 0. The van der Waals surface area contributed by atoms with Gasteiger partial charge in [0.1, 0.15) is 0 Å². The molecule has 0 aliphatic heterocycles. The van der Waals surface area contributed by atoms with Crippen molar-refractivity contribution in [2.24, 2.45) is 0 Å². The molecule has 0 aliphatic carbocycles. The number of aromatic nitrogens is 2. The van der Waals surface area contributed by atoms with Crippen LogP contribution in [0.1, 0.15) is 44.6 Å². The molecule has 0 aromatic carbocycles. The summed E-state index contributed by atoms with van der Waals surface area (Å²) in [5.41, 5.74) is 8.19. The van der Waals surface area contributed by atoms with Crippen LogP contribution in [0.4, 0.5) is 5.95 Å². The third kappa shape index (κ3) is 1.85. The van der Waals surface area contributed by atoms with Crippen LogP contribution in [0.15, 0.2) is 0 Å². The number of aryl methyl sites for hydroxylation is 1. The molecule has 0 fully saturated rings. The molecule has 0 saturated heterocycles. The molecule has 1 heterocycles. The SMILES string of the molecule is CCCc1nc(N)n(C(C)C)c1C. The quantitative estimate of drug-likeness (QED) is 0.777. The zero-order chi connectivity index (χ0) is 10.0. The molecule has 74 valence electrons. The second kappa shape index (κ2) is 3.81. The Bertz CT molecular complexity index is 287. The van der Waals surface area contributed by atoms with E-state index in [0.29, 0.717) is 12.0 Å². The topological polar surface area (TPSA) is 43.8 Å². The monoisotopic (exact) mass is 181 g/mol. The van der Waals surface area contributed by atoms with Gasteiger partial charge in [-0.3, -0.25) is 0 Å². The third-order valence-electron chi connectivity index (χ3n) is 2.28. The lowest BCUT2D eigenvalue weighted by atomic mass is 10.2. The van der Waals surface area contributed by atoms with Crippen molar-refractivity contribution < 1.29 is 0 Å². The fourth-order valence-electron chi connectivity index (χ4n) is 1.71. The third-order valence-corrected chi connectivity index (χ3v) is 2.28. The maximum Gasteiger partial charge on any atom is 0.200 e. The van der Waals surface area contributed by atoms with E-state index in [2.05, 4.69) is 37.2 Å². The molecule has 0 spiro atoms. The molecule has 1 aromatic heterocycles. The van der Waals surface area contributed by atoms with Crippen LogP contribution in [0.25, 0.3) is 0 Å². The van der Waals surface area contributed by atoms with Crippen LogP contribution in [0.2, 0.25) is 0 Å². The first-order valence-electron chi connectivity index (χ1n) is 4.91. The van der Waals surface area contributed by atoms with Crippen LogP contribution in [0.5, 0.6) is 0 Å². The normalized spacial score (nSPS) is 11.2. The zero-order valence-corrected chi connectivity index (χ0v) is 8.96. The molecule has 0 amide bonds. The van der Waals surface area contributed by atoms with Gasteiger partial charge in [0.25, 0.3) is 0 Å². The highest BCUT2D eigenvalue weighted by Crippen LogP contribution is 2.19. The minimum atomic E-state index is 0.401. The van der Waals surface area contributed by atoms with Crippen molar-refractivity contribution in [3.05, 3.63) is 11.4 Å². The maximum absolute atomic E-state index is 5.83. The van der Waals surface area contributed by atoms with Gasteiger partial charge in [0.05, 0.1) is 5.69 Å². The summed E-state index contributed by atoms with van der Waals surface area (Å²) in [6.45, 7) is 8.50. The van der Waals surface area contributed by atoms with Gasteiger partial charge in [-0.15, -0.1) is 0 Å². The number of nitrogens with two attached hydrogens (primary N) is 1. The van der Waals surface area contributed by atoms with Gasteiger partial charge in [-0.05, 0) is 27.2 Å². The molecule has 0 atom stereocenters. The number of rotatable bonds is 3. The summed E-state index contributed by atoms with van der Waals surface area (Å²) in [5.74, 6) is 0.649. The van der Waals surface area contributed by atoms with Crippen LogP contribution < -0.4 is 5.73 Å². The summed E-state index contributed by atoms with van der Waals surface area (Å²) in [4.78, 5) is 4.36. The van der Waals surface area contributed by atoms with Crippen molar-refractivity contribution in [3.8, 4) is 0 Å². The Morgan fingerprint density at radius 1 is 1.46 bits per heavy atom. The fourth-order valence-corrected chi connectivity index (χ4v) is 1.71. The highest BCUT2D eigenvalue weighted by Gasteiger charge is 2.12. The molecular formula is C10H19N3. The predicted molar refractivity (Wildman–Crippen MR) is 55.8 cm³/mol. The number of imidazole rings is 1. The standard InChI is InChI=1S/C10H19N3/c1-5-6-9-8(4)13(7(2)3)10(11)12-9/h7H,5-6H2,1-4H3,(H2,11,12). The van der Waals surface area contributed by atoms with Crippen LogP contribution in [-0.4, -0.2) is 9.55 Å². The number of anilines is 1. The van der Waals surface area contributed by atoms with Crippen LogP contribution in [0.3, 0.4) is 0 Å². The summed E-state index contributed by atoms with van der Waals surface area (Å²) < 4.78 is 2.09. The Labute approximate surface area is 80.0 Å². The second-order valence-electron chi connectivity index (χ2n) is 3.72. The van der Waals surface area contributed by atoms with Gasteiger partial charge < -0.3 is 10.3 Å². The molecule has 1 aromatic rings. The van der Waals surface area contributed by atoms with E-state index in [-0.39, 0.29) is 0 Å². The van der Waals surface area contributed by atoms with Gasteiger partial charge >= 0.3 is 0 Å². The number of hydrogen-bond donors (Lipinski definition) is 1. The van der Waals surface area contributed by atoms with Crippen molar-refractivity contribution >= 4 is 5.95 Å². The van der Waals surface area contributed by atoms with Gasteiger partial charge in [-0.2, -0.15) is 0 Å². The molecule has 3 nitrogen and oxygen atoms in total. The van der Waals surface area contributed by atoms with Crippen molar-refractivity contribution in [2.45, 2.75) is 46.6 Å². The van der Waals surface area contributed by atoms with Crippen molar-refractivity contribution in [1.29, 1.82) is 0 Å². The first-order valence-corrected chi connectivity index (χ1v) is 4.91. The van der Waals surface area contributed by atoms with Crippen molar-refractivity contribution in [1.82, 2.24) is 9.55 Å². The van der Waals surface area contributed by atoms with Crippen LogP contribution in [0, 0.1) is 6.92 Å². The minimum Gasteiger partial charge on any atom is -0.369 e. The second-order valence-corrected chi connectivity index (χ2v) is 3.72. The minimum absolute atomic E-state index is 0.401. The molecule has 0 radical (unpaired) electrons. The Morgan fingerprint density at radius 3 is 2.46 bits per heavy atom. The average molecular weight is 181 g/mol. The van der Waals surface area contributed by atoms with Gasteiger partial charge in [-0.1, -0.05) is 13.3 Å². The van der Waals surface area contributed by atoms with Crippen molar-refractivity contribution in [3.63, 3.8) is 0 Å². The van der Waals surface area contributed by atoms with Crippen LogP contribution in [-0.2, 0) is 6.42 Å². The molecule has 2 N–H and O–H groups in total. The van der Waals surface area contributed by atoms with E-state index in [1.807, 2.05) is 0 Å². The number of nitrogens with zero attached hydrogens (tertiary/aromatic N) is 2. The van der Waals surface area contributed by atoms with Gasteiger partial charge in [0.15, 0.2) is 0 Å². The predicted octanol–water partition coefficient (Wildman–Crippen LogP) is 2.31. The lowest BCUT2D eigenvalue weighted by Gasteiger charge is -2.11. The van der Waals surface area contributed by atoms with E-state index in [9.17, 15) is 0 Å². The number of nitrogen functional groups attached to an aromatic ring is 1.